The van der Waals surface area contributed by atoms with E-state index in [2.05, 4.69) is 20.9 Å². The lowest BCUT2D eigenvalue weighted by molar-refractivity contribution is -0.132. The third-order valence-corrected chi connectivity index (χ3v) is 2.83. The Labute approximate surface area is 137 Å². The smallest absolute Gasteiger partial charge is 0.357 e. The quantitative estimate of drug-likeness (QED) is 0.306. The highest BCUT2D eigenvalue weighted by Crippen LogP contribution is 2.18. The molecule has 9 heteroatoms. The molecule has 1 aromatic rings. The first-order valence-corrected chi connectivity index (χ1v) is 7.45. The molecule has 24 heavy (non-hydrogen) atoms. The Morgan fingerprint density at radius 1 is 1.12 bits per heavy atom. The van der Waals surface area contributed by atoms with Crippen LogP contribution in [0.15, 0.2) is 29.3 Å². The molecule has 5 nitrogen and oxygen atoms in total. The number of benzene rings is 1. The van der Waals surface area contributed by atoms with Crippen molar-refractivity contribution in [2.45, 2.75) is 19.5 Å². The normalized spacial score (nSPS) is 12.0. The second-order valence-corrected chi connectivity index (χ2v) is 4.79. The average Bonchev–Trinajstić information content (AvgIpc) is 2.50. The molecule has 1 rings (SSSR count). The minimum Gasteiger partial charge on any atom is -0.357 e. The van der Waals surface area contributed by atoms with Crippen LogP contribution < -0.4 is 16.0 Å². The van der Waals surface area contributed by atoms with Gasteiger partial charge in [0.1, 0.15) is 5.82 Å². The van der Waals surface area contributed by atoms with E-state index in [1.807, 2.05) is 0 Å². The molecule has 0 aliphatic rings. The zero-order valence-electron chi connectivity index (χ0n) is 13.2. The Hall–Kier alpha value is -2.32. The van der Waals surface area contributed by atoms with E-state index in [1.165, 1.54) is 18.2 Å². The summed E-state index contributed by atoms with van der Waals surface area (Å²) in [6.45, 7) is 2.27. The van der Waals surface area contributed by atoms with Crippen LogP contribution >= 0.6 is 0 Å². The molecule has 3 N–H and O–H groups in total. The molecule has 0 fully saturated rings. The van der Waals surface area contributed by atoms with Gasteiger partial charge in [-0.2, -0.15) is 13.2 Å². The highest BCUT2D eigenvalue weighted by molar-refractivity contribution is 5.94. The molecule has 0 atom stereocenters. The van der Waals surface area contributed by atoms with Gasteiger partial charge in [-0.05, 0) is 19.1 Å². The van der Waals surface area contributed by atoms with Crippen LogP contribution in [0.1, 0.15) is 23.7 Å². The van der Waals surface area contributed by atoms with Gasteiger partial charge in [0, 0.05) is 19.6 Å². The summed E-state index contributed by atoms with van der Waals surface area (Å²) < 4.78 is 49.7. The van der Waals surface area contributed by atoms with Crippen LogP contribution in [-0.4, -0.2) is 44.2 Å². The number of rotatable bonds is 7. The Balaban J connectivity index is 2.38. The number of hydrogen-bond acceptors (Lipinski definition) is 2. The maximum atomic E-state index is 13.4. The summed E-state index contributed by atoms with van der Waals surface area (Å²) >= 11 is 0. The third kappa shape index (κ3) is 7.80. The van der Waals surface area contributed by atoms with Crippen LogP contribution in [0.25, 0.3) is 0 Å². The molecular weight excluding hydrogens is 328 g/mol. The van der Waals surface area contributed by atoms with Crippen LogP contribution in [0, 0.1) is 5.82 Å². The van der Waals surface area contributed by atoms with Crippen molar-refractivity contribution >= 4 is 11.9 Å². The zero-order valence-corrected chi connectivity index (χ0v) is 13.2. The van der Waals surface area contributed by atoms with Crippen LogP contribution in [0.5, 0.6) is 0 Å². The standard InChI is InChI=1S/C15H20F4N4O/c1-2-20-14(22-8-7-15(17,18)19)23-10-9-21-13(24)11-5-3-4-6-12(11)16/h3-6H,2,7-10H2,1H3,(H,21,24)(H2,20,22,23). The first kappa shape index (κ1) is 19.7. The molecule has 0 unspecified atom stereocenters. The van der Waals surface area contributed by atoms with Gasteiger partial charge in [0.25, 0.3) is 5.91 Å². The van der Waals surface area contributed by atoms with E-state index < -0.39 is 24.3 Å². The highest BCUT2D eigenvalue weighted by Gasteiger charge is 2.26. The number of nitrogens with zero attached hydrogens (tertiary/aromatic N) is 1. The summed E-state index contributed by atoms with van der Waals surface area (Å²) in [5.74, 6) is -0.958. The van der Waals surface area contributed by atoms with Gasteiger partial charge in [-0.25, -0.2) is 4.39 Å². The van der Waals surface area contributed by atoms with Gasteiger partial charge in [0.15, 0.2) is 5.96 Å². The van der Waals surface area contributed by atoms with E-state index in [4.69, 9.17) is 0 Å². The number of alkyl halides is 3. The second-order valence-electron chi connectivity index (χ2n) is 4.79. The van der Waals surface area contributed by atoms with Crippen molar-refractivity contribution in [3.05, 3.63) is 35.6 Å². The molecule has 0 spiro atoms. The number of amides is 1. The second kappa shape index (κ2) is 9.74. The number of guanidine groups is 1. The topological polar surface area (TPSA) is 65.5 Å². The van der Waals surface area contributed by atoms with Crippen LogP contribution in [0.2, 0.25) is 0 Å². The molecule has 0 heterocycles. The summed E-state index contributed by atoms with van der Waals surface area (Å²) in [5.41, 5.74) is -0.0664. The lowest BCUT2D eigenvalue weighted by atomic mass is 10.2. The van der Waals surface area contributed by atoms with Crippen LogP contribution in [0.3, 0.4) is 0 Å². The molecule has 0 bridgehead atoms. The molecule has 1 amide bonds. The minimum atomic E-state index is -4.26. The van der Waals surface area contributed by atoms with Crippen molar-refractivity contribution in [1.82, 2.24) is 16.0 Å². The summed E-state index contributed by atoms with van der Waals surface area (Å²) in [6, 6.07) is 5.57. The molecule has 0 radical (unpaired) electrons. The Morgan fingerprint density at radius 3 is 2.42 bits per heavy atom. The summed E-state index contributed by atoms with van der Waals surface area (Å²) in [6.07, 6.45) is -5.26. The zero-order chi connectivity index (χ0) is 18.0. The molecule has 0 aromatic heterocycles. The minimum absolute atomic E-state index is 0.0664. The van der Waals surface area contributed by atoms with Gasteiger partial charge in [0.05, 0.1) is 18.5 Å². The lowest BCUT2D eigenvalue weighted by Gasteiger charge is -2.12. The Morgan fingerprint density at radius 2 is 1.79 bits per heavy atom. The van der Waals surface area contributed by atoms with E-state index in [1.54, 1.807) is 13.0 Å². The maximum absolute atomic E-state index is 13.4. The van der Waals surface area contributed by atoms with E-state index in [0.717, 1.165) is 0 Å². The van der Waals surface area contributed by atoms with Gasteiger partial charge in [-0.15, -0.1) is 0 Å². The Kier molecular flexibility index (Phi) is 8.00. The highest BCUT2D eigenvalue weighted by atomic mass is 19.4. The van der Waals surface area contributed by atoms with Crippen molar-refractivity contribution in [2.24, 2.45) is 4.99 Å². The largest absolute Gasteiger partial charge is 0.390 e. The summed E-state index contributed by atoms with van der Waals surface area (Å²) in [5, 5.41) is 8.10. The average molecular weight is 348 g/mol. The van der Waals surface area contributed by atoms with E-state index in [-0.39, 0.29) is 31.2 Å². The first-order chi connectivity index (χ1) is 11.3. The number of carbonyl (C=O) groups excluding carboxylic acids is 1. The monoisotopic (exact) mass is 348 g/mol. The fourth-order valence-corrected chi connectivity index (χ4v) is 1.73. The number of hydrogen-bond donors (Lipinski definition) is 3. The van der Waals surface area contributed by atoms with Gasteiger partial charge in [-0.1, -0.05) is 12.1 Å². The maximum Gasteiger partial charge on any atom is 0.390 e. The predicted octanol–water partition coefficient (Wildman–Crippen LogP) is 2.06. The number of carbonyl (C=O) groups is 1. The predicted molar refractivity (Wildman–Crippen MR) is 83.4 cm³/mol. The lowest BCUT2D eigenvalue weighted by Crippen LogP contribution is -2.41. The van der Waals surface area contributed by atoms with Crippen LogP contribution in [-0.2, 0) is 0 Å². The molecule has 134 valence electrons. The van der Waals surface area contributed by atoms with Crippen molar-refractivity contribution in [1.29, 1.82) is 0 Å². The van der Waals surface area contributed by atoms with Crippen molar-refractivity contribution in [3.8, 4) is 0 Å². The van der Waals surface area contributed by atoms with Gasteiger partial charge >= 0.3 is 6.18 Å². The number of halogens is 4. The molecule has 0 saturated heterocycles. The molecule has 0 saturated carbocycles. The molecule has 1 aromatic carbocycles. The van der Waals surface area contributed by atoms with Gasteiger partial charge in [-0.3, -0.25) is 9.79 Å². The van der Waals surface area contributed by atoms with Gasteiger partial charge in [0.2, 0.25) is 0 Å². The summed E-state index contributed by atoms with van der Waals surface area (Å²) in [7, 11) is 0. The van der Waals surface area contributed by atoms with Gasteiger partial charge < -0.3 is 16.0 Å². The fourth-order valence-electron chi connectivity index (χ4n) is 1.73. The molecule has 0 aliphatic heterocycles. The van der Waals surface area contributed by atoms with E-state index in [9.17, 15) is 22.4 Å². The van der Waals surface area contributed by atoms with Crippen molar-refractivity contribution in [3.63, 3.8) is 0 Å². The van der Waals surface area contributed by atoms with E-state index in [0.29, 0.717) is 6.54 Å². The molecule has 0 aliphatic carbocycles. The molecular formula is C15H20F4N4O. The first-order valence-electron chi connectivity index (χ1n) is 7.45. The third-order valence-electron chi connectivity index (χ3n) is 2.83. The number of aliphatic imine (C=N–C) groups is 1. The van der Waals surface area contributed by atoms with Crippen molar-refractivity contribution < 1.29 is 22.4 Å². The SMILES string of the molecule is CCNC(=NCCC(F)(F)F)NCCNC(=O)c1ccccc1F. The Bertz CT molecular complexity index is 561. The van der Waals surface area contributed by atoms with Crippen molar-refractivity contribution in [2.75, 3.05) is 26.2 Å². The summed E-state index contributed by atoms with van der Waals surface area (Å²) in [4.78, 5) is 15.6. The van der Waals surface area contributed by atoms with Crippen LogP contribution in [0.4, 0.5) is 17.6 Å². The fraction of sp³-hybridized carbons (Fsp3) is 0.467. The number of nitrogens with one attached hydrogen (secondary N) is 3. The van der Waals surface area contributed by atoms with E-state index >= 15 is 0 Å².